The zero-order valence-electron chi connectivity index (χ0n) is 11.6. The zero-order chi connectivity index (χ0) is 13.0. The van der Waals surface area contributed by atoms with Gasteiger partial charge in [0.2, 0.25) is 0 Å². The molecule has 18 heavy (non-hydrogen) atoms. The van der Waals surface area contributed by atoms with Crippen molar-refractivity contribution in [3.63, 3.8) is 0 Å². The molecule has 0 fully saturated rings. The van der Waals surface area contributed by atoms with Gasteiger partial charge in [-0.2, -0.15) is 0 Å². The molecule has 1 aliphatic carbocycles. The Morgan fingerprint density at radius 3 is 3.11 bits per heavy atom. The quantitative estimate of drug-likeness (QED) is 0.785. The molecule has 1 heterocycles. The standard InChI is InChI=1S/C15H24N2O/c1-11(12(2)16-9-10-18-3)14-7-6-13-5-4-8-17-15(13)14/h4-5,8,11-12,14,16H,6-7,9-10H2,1-3H3. The maximum absolute atomic E-state index is 5.08. The molecule has 0 spiro atoms. The third-order valence-corrected chi connectivity index (χ3v) is 4.20. The maximum atomic E-state index is 5.08. The van der Waals surface area contributed by atoms with E-state index in [4.69, 9.17) is 4.74 Å². The SMILES string of the molecule is COCCNC(C)C(C)C1CCc2cccnc21. The van der Waals surface area contributed by atoms with Crippen LogP contribution in [0.3, 0.4) is 0 Å². The number of aryl methyl sites for hydroxylation is 1. The second-order valence-electron chi connectivity index (χ2n) is 5.29. The van der Waals surface area contributed by atoms with Crippen LogP contribution >= 0.6 is 0 Å². The molecule has 0 saturated carbocycles. The average Bonchev–Trinajstić information content (AvgIpc) is 2.82. The summed E-state index contributed by atoms with van der Waals surface area (Å²) in [4.78, 5) is 4.59. The van der Waals surface area contributed by atoms with Crippen molar-refractivity contribution in [3.05, 3.63) is 29.6 Å². The molecule has 0 amide bonds. The number of ether oxygens (including phenoxy) is 1. The molecular formula is C15H24N2O. The van der Waals surface area contributed by atoms with E-state index >= 15 is 0 Å². The third kappa shape index (κ3) is 2.90. The van der Waals surface area contributed by atoms with Crippen molar-refractivity contribution in [2.45, 2.75) is 38.6 Å². The topological polar surface area (TPSA) is 34.1 Å². The van der Waals surface area contributed by atoms with Crippen LogP contribution in [0.2, 0.25) is 0 Å². The number of aromatic nitrogens is 1. The van der Waals surface area contributed by atoms with Crippen LogP contribution < -0.4 is 5.32 Å². The van der Waals surface area contributed by atoms with Gasteiger partial charge >= 0.3 is 0 Å². The van der Waals surface area contributed by atoms with Gasteiger partial charge in [-0.15, -0.1) is 0 Å². The highest BCUT2D eigenvalue weighted by Gasteiger charge is 2.30. The monoisotopic (exact) mass is 248 g/mol. The van der Waals surface area contributed by atoms with Crippen molar-refractivity contribution in [1.29, 1.82) is 0 Å². The highest BCUT2D eigenvalue weighted by molar-refractivity contribution is 5.29. The predicted octanol–water partition coefficient (Wildman–Crippen LogP) is 2.37. The number of hydrogen-bond donors (Lipinski definition) is 1. The molecule has 0 radical (unpaired) electrons. The van der Waals surface area contributed by atoms with E-state index < -0.39 is 0 Å². The molecule has 1 aromatic heterocycles. The number of methoxy groups -OCH3 is 1. The summed E-state index contributed by atoms with van der Waals surface area (Å²) in [6.45, 7) is 6.29. The lowest BCUT2D eigenvalue weighted by Crippen LogP contribution is -2.36. The summed E-state index contributed by atoms with van der Waals surface area (Å²) >= 11 is 0. The van der Waals surface area contributed by atoms with Crippen molar-refractivity contribution >= 4 is 0 Å². The minimum absolute atomic E-state index is 0.498. The lowest BCUT2D eigenvalue weighted by molar-refractivity contribution is 0.190. The number of rotatable bonds is 6. The van der Waals surface area contributed by atoms with E-state index in [1.165, 1.54) is 24.1 Å². The Morgan fingerprint density at radius 2 is 2.33 bits per heavy atom. The number of nitrogens with one attached hydrogen (secondary N) is 1. The molecule has 0 aliphatic heterocycles. The van der Waals surface area contributed by atoms with Gasteiger partial charge in [-0.05, 0) is 37.3 Å². The number of fused-ring (bicyclic) bond motifs is 1. The van der Waals surface area contributed by atoms with Crippen molar-refractivity contribution in [1.82, 2.24) is 10.3 Å². The van der Waals surface area contributed by atoms with E-state index in [1.54, 1.807) is 7.11 Å². The van der Waals surface area contributed by atoms with Gasteiger partial charge in [0.1, 0.15) is 0 Å². The second-order valence-corrected chi connectivity index (χ2v) is 5.29. The summed E-state index contributed by atoms with van der Waals surface area (Å²) in [6.07, 6.45) is 4.35. The van der Waals surface area contributed by atoms with Crippen LogP contribution in [0.15, 0.2) is 18.3 Å². The highest BCUT2D eigenvalue weighted by atomic mass is 16.5. The maximum Gasteiger partial charge on any atom is 0.0587 e. The van der Waals surface area contributed by atoms with Crippen LogP contribution in [0.4, 0.5) is 0 Å². The Labute approximate surface area is 110 Å². The lowest BCUT2D eigenvalue weighted by Gasteiger charge is -2.26. The molecule has 1 aromatic rings. The Bertz CT molecular complexity index is 381. The van der Waals surface area contributed by atoms with Crippen LogP contribution in [-0.4, -0.2) is 31.3 Å². The molecule has 100 valence electrons. The smallest absolute Gasteiger partial charge is 0.0587 e. The van der Waals surface area contributed by atoms with Crippen LogP contribution in [0.1, 0.15) is 37.4 Å². The van der Waals surface area contributed by atoms with Crippen LogP contribution in [0.25, 0.3) is 0 Å². The van der Waals surface area contributed by atoms with Gasteiger partial charge in [-0.3, -0.25) is 4.98 Å². The van der Waals surface area contributed by atoms with Gasteiger partial charge in [0, 0.05) is 37.5 Å². The first kappa shape index (κ1) is 13.5. The molecule has 1 N–H and O–H groups in total. The Balaban J connectivity index is 1.96. The molecule has 1 aliphatic rings. The lowest BCUT2D eigenvalue weighted by atomic mass is 9.86. The van der Waals surface area contributed by atoms with Crippen LogP contribution in [0, 0.1) is 5.92 Å². The third-order valence-electron chi connectivity index (χ3n) is 4.20. The first-order valence-corrected chi connectivity index (χ1v) is 6.90. The summed E-state index contributed by atoms with van der Waals surface area (Å²) in [6, 6.07) is 4.77. The van der Waals surface area contributed by atoms with Crippen LogP contribution in [-0.2, 0) is 11.2 Å². The van der Waals surface area contributed by atoms with Crippen LogP contribution in [0.5, 0.6) is 0 Å². The van der Waals surface area contributed by atoms with E-state index in [0.717, 1.165) is 13.2 Å². The average molecular weight is 248 g/mol. The molecule has 0 aromatic carbocycles. The van der Waals surface area contributed by atoms with E-state index in [1.807, 2.05) is 12.3 Å². The summed E-state index contributed by atoms with van der Waals surface area (Å²) in [5.41, 5.74) is 2.77. The first-order valence-electron chi connectivity index (χ1n) is 6.90. The van der Waals surface area contributed by atoms with Gasteiger partial charge in [0.05, 0.1) is 6.61 Å². The number of pyridine rings is 1. The van der Waals surface area contributed by atoms with Crippen molar-refractivity contribution in [3.8, 4) is 0 Å². The molecular weight excluding hydrogens is 224 g/mol. The minimum Gasteiger partial charge on any atom is -0.383 e. The van der Waals surface area contributed by atoms with Crippen molar-refractivity contribution < 1.29 is 4.74 Å². The molecule has 2 rings (SSSR count). The summed E-state index contributed by atoms with van der Waals surface area (Å²) in [5, 5.41) is 3.54. The predicted molar refractivity (Wildman–Crippen MR) is 73.8 cm³/mol. The normalized spacial score (nSPS) is 21.6. The van der Waals surface area contributed by atoms with Gasteiger partial charge in [-0.25, -0.2) is 0 Å². The van der Waals surface area contributed by atoms with E-state index in [0.29, 0.717) is 17.9 Å². The number of hydrogen-bond acceptors (Lipinski definition) is 3. The van der Waals surface area contributed by atoms with Gasteiger partial charge in [0.25, 0.3) is 0 Å². The zero-order valence-corrected chi connectivity index (χ0v) is 11.6. The Kier molecular flexibility index (Phi) is 4.72. The largest absolute Gasteiger partial charge is 0.383 e. The molecule has 3 atom stereocenters. The molecule has 3 nitrogen and oxygen atoms in total. The van der Waals surface area contributed by atoms with E-state index in [9.17, 15) is 0 Å². The van der Waals surface area contributed by atoms with E-state index in [2.05, 4.69) is 30.2 Å². The summed E-state index contributed by atoms with van der Waals surface area (Å²) in [7, 11) is 1.74. The fraction of sp³-hybridized carbons (Fsp3) is 0.667. The molecule has 0 bridgehead atoms. The molecule has 3 unspecified atom stereocenters. The summed E-state index contributed by atoms with van der Waals surface area (Å²) in [5.74, 6) is 1.21. The molecule has 3 heteroatoms. The Morgan fingerprint density at radius 1 is 1.50 bits per heavy atom. The van der Waals surface area contributed by atoms with Gasteiger partial charge < -0.3 is 10.1 Å². The highest BCUT2D eigenvalue weighted by Crippen LogP contribution is 2.37. The minimum atomic E-state index is 0.498. The number of nitrogens with zero attached hydrogens (tertiary/aromatic N) is 1. The molecule has 0 saturated heterocycles. The fourth-order valence-electron chi connectivity index (χ4n) is 2.88. The van der Waals surface area contributed by atoms with E-state index in [-0.39, 0.29) is 0 Å². The first-order chi connectivity index (χ1) is 8.74. The summed E-state index contributed by atoms with van der Waals surface area (Å²) < 4.78 is 5.08. The fourth-order valence-corrected chi connectivity index (χ4v) is 2.88. The second kappa shape index (κ2) is 6.30. The Hall–Kier alpha value is -0.930. The van der Waals surface area contributed by atoms with Crippen molar-refractivity contribution in [2.75, 3.05) is 20.3 Å². The van der Waals surface area contributed by atoms with Gasteiger partial charge in [-0.1, -0.05) is 13.0 Å². The van der Waals surface area contributed by atoms with Crippen molar-refractivity contribution in [2.24, 2.45) is 5.92 Å². The van der Waals surface area contributed by atoms with Gasteiger partial charge in [0.15, 0.2) is 0 Å².